The van der Waals surface area contributed by atoms with Crippen LogP contribution in [0.2, 0.25) is 0 Å². The second-order valence-electron chi connectivity index (χ2n) is 6.09. The number of benzene rings is 1. The summed E-state index contributed by atoms with van der Waals surface area (Å²) in [5, 5.41) is 15.5. The van der Waals surface area contributed by atoms with E-state index in [1.807, 2.05) is 21.7 Å². The highest BCUT2D eigenvalue weighted by molar-refractivity contribution is 7.08. The molecule has 0 saturated carbocycles. The van der Waals surface area contributed by atoms with Gasteiger partial charge >= 0.3 is 0 Å². The van der Waals surface area contributed by atoms with Gasteiger partial charge in [-0.15, -0.1) is 0 Å². The Balaban J connectivity index is 1.41. The van der Waals surface area contributed by atoms with Gasteiger partial charge in [-0.1, -0.05) is 0 Å². The van der Waals surface area contributed by atoms with Gasteiger partial charge in [-0.25, -0.2) is 0 Å². The van der Waals surface area contributed by atoms with Gasteiger partial charge < -0.3 is 10.2 Å². The number of nitriles is 1. The van der Waals surface area contributed by atoms with E-state index in [2.05, 4.69) is 16.3 Å². The van der Waals surface area contributed by atoms with E-state index >= 15 is 0 Å². The number of hydrogen-bond donors (Lipinski definition) is 1. The van der Waals surface area contributed by atoms with Crippen molar-refractivity contribution in [2.24, 2.45) is 0 Å². The number of amides is 2. The van der Waals surface area contributed by atoms with Gasteiger partial charge in [0.2, 0.25) is 0 Å². The first kappa shape index (κ1) is 18.1. The topological polar surface area (TPSA) is 76.4 Å². The third-order valence-corrected chi connectivity index (χ3v) is 5.10. The predicted molar refractivity (Wildman–Crippen MR) is 100 cm³/mol. The fraction of sp³-hybridized carbons (Fsp3) is 0.316. The van der Waals surface area contributed by atoms with Crippen LogP contribution in [-0.4, -0.2) is 60.9 Å². The molecule has 1 aliphatic heterocycles. The molecule has 0 aliphatic carbocycles. The summed E-state index contributed by atoms with van der Waals surface area (Å²) in [6, 6.07) is 10.6. The molecule has 1 fully saturated rings. The zero-order chi connectivity index (χ0) is 18.4. The summed E-state index contributed by atoms with van der Waals surface area (Å²) in [5.41, 5.74) is 1.86. The van der Waals surface area contributed by atoms with E-state index in [1.165, 1.54) is 11.3 Å². The number of nitrogens with one attached hydrogen (secondary N) is 1. The monoisotopic (exact) mass is 368 g/mol. The summed E-state index contributed by atoms with van der Waals surface area (Å²) in [7, 11) is 0. The molecule has 2 heterocycles. The molecule has 0 spiro atoms. The number of rotatable bonds is 5. The molecule has 1 N–H and O–H groups in total. The maximum atomic E-state index is 12.5. The number of carbonyl (C=O) groups is 2. The largest absolute Gasteiger partial charge is 0.351 e. The van der Waals surface area contributed by atoms with Crippen LogP contribution < -0.4 is 5.32 Å². The van der Waals surface area contributed by atoms with Crippen molar-refractivity contribution >= 4 is 23.2 Å². The maximum absolute atomic E-state index is 12.5. The van der Waals surface area contributed by atoms with Crippen LogP contribution >= 0.6 is 11.3 Å². The van der Waals surface area contributed by atoms with Crippen LogP contribution in [0.15, 0.2) is 41.1 Å². The number of thiophene rings is 1. The molecule has 26 heavy (non-hydrogen) atoms. The molecule has 2 amide bonds. The molecule has 134 valence electrons. The molecule has 0 atom stereocenters. The normalized spacial score (nSPS) is 14.7. The number of piperazine rings is 1. The van der Waals surface area contributed by atoms with Gasteiger partial charge in [-0.05, 0) is 35.7 Å². The van der Waals surface area contributed by atoms with Crippen molar-refractivity contribution in [2.45, 2.75) is 0 Å². The lowest BCUT2D eigenvalue weighted by Gasteiger charge is -2.34. The molecule has 3 rings (SSSR count). The van der Waals surface area contributed by atoms with Crippen LogP contribution in [0.5, 0.6) is 0 Å². The highest BCUT2D eigenvalue weighted by Gasteiger charge is 2.22. The predicted octanol–water partition coefficient (Wildman–Crippen LogP) is 1.81. The van der Waals surface area contributed by atoms with Crippen molar-refractivity contribution < 1.29 is 9.59 Å². The van der Waals surface area contributed by atoms with Crippen LogP contribution in [-0.2, 0) is 0 Å². The average Bonchev–Trinajstić information content (AvgIpc) is 3.23. The van der Waals surface area contributed by atoms with Crippen molar-refractivity contribution in [3.63, 3.8) is 0 Å². The minimum atomic E-state index is -0.0409. The van der Waals surface area contributed by atoms with Gasteiger partial charge in [-0.3, -0.25) is 14.5 Å². The SMILES string of the molecule is N#Cc1ccc(C(=O)N2CCN(CCNC(=O)c3ccsc3)CC2)cc1. The lowest BCUT2D eigenvalue weighted by molar-refractivity contribution is 0.0638. The summed E-state index contributed by atoms with van der Waals surface area (Å²) < 4.78 is 0. The fourth-order valence-electron chi connectivity index (χ4n) is 2.87. The van der Waals surface area contributed by atoms with Gasteiger partial charge in [-0.2, -0.15) is 16.6 Å². The maximum Gasteiger partial charge on any atom is 0.253 e. The van der Waals surface area contributed by atoms with Crippen LogP contribution in [0.25, 0.3) is 0 Å². The molecular weight excluding hydrogens is 348 g/mol. The Morgan fingerprint density at radius 3 is 2.42 bits per heavy atom. The molecule has 6 nitrogen and oxygen atoms in total. The molecule has 1 aromatic heterocycles. The Kier molecular flexibility index (Phi) is 6.00. The van der Waals surface area contributed by atoms with Gasteiger partial charge in [0, 0.05) is 55.8 Å². The Morgan fingerprint density at radius 2 is 1.81 bits per heavy atom. The van der Waals surface area contributed by atoms with Gasteiger partial charge in [0.15, 0.2) is 0 Å². The number of carbonyl (C=O) groups excluding carboxylic acids is 2. The molecule has 7 heteroatoms. The minimum Gasteiger partial charge on any atom is -0.351 e. The highest BCUT2D eigenvalue weighted by Crippen LogP contribution is 2.10. The third-order valence-electron chi connectivity index (χ3n) is 4.42. The number of nitrogens with zero attached hydrogens (tertiary/aromatic N) is 3. The standard InChI is InChI=1S/C19H20N4O2S/c20-13-15-1-3-16(4-2-15)19(25)23-10-8-22(9-11-23)7-6-21-18(24)17-5-12-26-14-17/h1-5,12,14H,6-11H2,(H,21,24). The van der Waals surface area contributed by atoms with Crippen LogP contribution in [0.3, 0.4) is 0 Å². The first-order valence-electron chi connectivity index (χ1n) is 8.49. The minimum absolute atomic E-state index is 0.0000923. The van der Waals surface area contributed by atoms with Crippen molar-refractivity contribution in [1.29, 1.82) is 5.26 Å². The quantitative estimate of drug-likeness (QED) is 0.873. The van der Waals surface area contributed by atoms with Gasteiger partial charge in [0.25, 0.3) is 11.8 Å². The molecule has 0 unspecified atom stereocenters. The molecule has 1 aromatic carbocycles. The summed E-state index contributed by atoms with van der Waals surface area (Å²) in [6.45, 7) is 4.27. The van der Waals surface area contributed by atoms with Crippen molar-refractivity contribution in [1.82, 2.24) is 15.1 Å². The summed E-state index contributed by atoms with van der Waals surface area (Å²) in [6.07, 6.45) is 0. The second-order valence-corrected chi connectivity index (χ2v) is 6.87. The van der Waals surface area contributed by atoms with Crippen LogP contribution in [0.4, 0.5) is 0 Å². The molecule has 1 saturated heterocycles. The van der Waals surface area contributed by atoms with Crippen LogP contribution in [0.1, 0.15) is 26.3 Å². The van der Waals surface area contributed by atoms with E-state index in [0.717, 1.165) is 19.6 Å². The van der Waals surface area contributed by atoms with E-state index in [0.29, 0.717) is 36.3 Å². The first-order valence-corrected chi connectivity index (χ1v) is 9.44. The van der Waals surface area contributed by atoms with E-state index in [4.69, 9.17) is 5.26 Å². The van der Waals surface area contributed by atoms with E-state index in [-0.39, 0.29) is 11.8 Å². The summed E-state index contributed by atoms with van der Waals surface area (Å²) >= 11 is 1.51. The van der Waals surface area contributed by atoms with Crippen molar-refractivity contribution in [3.05, 3.63) is 57.8 Å². The zero-order valence-electron chi connectivity index (χ0n) is 14.4. The van der Waals surface area contributed by atoms with Crippen LogP contribution in [0, 0.1) is 11.3 Å². The smallest absolute Gasteiger partial charge is 0.253 e. The van der Waals surface area contributed by atoms with Gasteiger partial charge in [0.1, 0.15) is 0 Å². The zero-order valence-corrected chi connectivity index (χ0v) is 15.2. The van der Waals surface area contributed by atoms with Crippen molar-refractivity contribution in [3.8, 4) is 6.07 Å². The summed E-state index contributed by atoms with van der Waals surface area (Å²) in [5.74, 6) is -0.0409. The highest BCUT2D eigenvalue weighted by atomic mass is 32.1. The van der Waals surface area contributed by atoms with E-state index in [9.17, 15) is 9.59 Å². The Labute approximate surface area is 156 Å². The molecule has 0 radical (unpaired) electrons. The van der Waals surface area contributed by atoms with E-state index in [1.54, 1.807) is 24.3 Å². The first-order chi connectivity index (χ1) is 12.7. The van der Waals surface area contributed by atoms with Gasteiger partial charge in [0.05, 0.1) is 11.6 Å². The number of hydrogen-bond acceptors (Lipinski definition) is 5. The molecule has 1 aliphatic rings. The molecule has 2 aromatic rings. The fourth-order valence-corrected chi connectivity index (χ4v) is 3.50. The Morgan fingerprint density at radius 1 is 1.08 bits per heavy atom. The average molecular weight is 368 g/mol. The lowest BCUT2D eigenvalue weighted by Crippen LogP contribution is -2.50. The molecule has 0 bridgehead atoms. The lowest BCUT2D eigenvalue weighted by atomic mass is 10.1. The van der Waals surface area contributed by atoms with Crippen molar-refractivity contribution in [2.75, 3.05) is 39.3 Å². The second kappa shape index (κ2) is 8.61. The van der Waals surface area contributed by atoms with E-state index < -0.39 is 0 Å². The molecular formula is C19H20N4O2S. The Bertz CT molecular complexity index is 788. The third kappa shape index (κ3) is 4.48. The summed E-state index contributed by atoms with van der Waals surface area (Å²) in [4.78, 5) is 28.5. The Hall–Kier alpha value is -2.69.